The molecule has 4 heteroatoms. The Kier molecular flexibility index (Phi) is 6.24. The Bertz CT molecular complexity index is 680. The zero-order valence-electron chi connectivity index (χ0n) is 14.8. The van der Waals surface area contributed by atoms with Gasteiger partial charge in [-0.25, -0.2) is 0 Å². The van der Waals surface area contributed by atoms with Gasteiger partial charge in [0.05, 0.1) is 26.7 Å². The normalized spacial score (nSPS) is 11.7. The van der Waals surface area contributed by atoms with E-state index in [1.54, 1.807) is 14.2 Å². The molecule has 0 fully saturated rings. The molecular formula is C20H25NO3. The highest BCUT2D eigenvalue weighted by Crippen LogP contribution is 2.27. The highest BCUT2D eigenvalue weighted by molar-refractivity contribution is 5.79. The number of carbonyl (C=O) groups is 1. The van der Waals surface area contributed by atoms with E-state index in [1.807, 2.05) is 18.2 Å². The van der Waals surface area contributed by atoms with Crippen LogP contribution in [-0.2, 0) is 11.2 Å². The Morgan fingerprint density at radius 2 is 1.71 bits per heavy atom. The molecule has 1 amide bonds. The molecule has 0 spiro atoms. The van der Waals surface area contributed by atoms with Crippen molar-refractivity contribution >= 4 is 5.91 Å². The molecule has 2 rings (SSSR count). The number of benzene rings is 2. The fraction of sp³-hybridized carbons (Fsp3) is 0.350. The lowest BCUT2D eigenvalue weighted by Gasteiger charge is -2.18. The number of nitrogens with one attached hydrogen (secondary N) is 1. The lowest BCUT2D eigenvalue weighted by Crippen LogP contribution is -2.29. The first-order valence-electron chi connectivity index (χ1n) is 8.14. The third-order valence-corrected chi connectivity index (χ3v) is 4.04. The number of hydrogen-bond acceptors (Lipinski definition) is 3. The average molecular weight is 327 g/mol. The van der Waals surface area contributed by atoms with E-state index < -0.39 is 0 Å². The summed E-state index contributed by atoms with van der Waals surface area (Å²) in [6.07, 6.45) is 1.16. The maximum atomic E-state index is 12.4. The van der Waals surface area contributed by atoms with Gasteiger partial charge in [-0.1, -0.05) is 42.8 Å². The van der Waals surface area contributed by atoms with Crippen molar-refractivity contribution in [1.29, 1.82) is 0 Å². The molecule has 1 atom stereocenters. The number of amides is 1. The Hall–Kier alpha value is -2.49. The van der Waals surface area contributed by atoms with Crippen molar-refractivity contribution in [3.8, 4) is 11.5 Å². The monoisotopic (exact) mass is 327 g/mol. The van der Waals surface area contributed by atoms with Gasteiger partial charge in [-0.15, -0.1) is 0 Å². The Morgan fingerprint density at radius 1 is 1.04 bits per heavy atom. The van der Waals surface area contributed by atoms with Gasteiger partial charge in [0.2, 0.25) is 5.91 Å². The van der Waals surface area contributed by atoms with Crippen LogP contribution in [0.3, 0.4) is 0 Å². The molecule has 24 heavy (non-hydrogen) atoms. The van der Waals surface area contributed by atoms with Gasteiger partial charge in [-0.05, 0) is 36.6 Å². The third-order valence-electron chi connectivity index (χ3n) is 4.04. The van der Waals surface area contributed by atoms with Gasteiger partial charge in [0.15, 0.2) is 11.5 Å². The summed E-state index contributed by atoms with van der Waals surface area (Å²) in [4.78, 5) is 12.4. The highest BCUT2D eigenvalue weighted by atomic mass is 16.5. The van der Waals surface area contributed by atoms with E-state index in [9.17, 15) is 4.79 Å². The smallest absolute Gasteiger partial charge is 0.224 e. The van der Waals surface area contributed by atoms with Crippen molar-refractivity contribution in [2.75, 3.05) is 14.2 Å². The largest absolute Gasteiger partial charge is 0.493 e. The summed E-state index contributed by atoms with van der Waals surface area (Å²) in [5.74, 6) is 1.29. The number of ether oxygens (including phenoxy) is 2. The lowest BCUT2D eigenvalue weighted by molar-refractivity contribution is -0.121. The van der Waals surface area contributed by atoms with Crippen LogP contribution in [0, 0.1) is 6.92 Å². The molecule has 0 aliphatic heterocycles. The predicted octanol–water partition coefficient (Wildman–Crippen LogP) is 3.82. The van der Waals surface area contributed by atoms with Crippen LogP contribution in [0.5, 0.6) is 11.5 Å². The average Bonchev–Trinajstić information content (AvgIpc) is 2.60. The maximum Gasteiger partial charge on any atom is 0.224 e. The molecule has 0 heterocycles. The van der Waals surface area contributed by atoms with E-state index in [2.05, 4.69) is 43.4 Å². The summed E-state index contributed by atoms with van der Waals surface area (Å²) < 4.78 is 10.5. The van der Waals surface area contributed by atoms with Crippen molar-refractivity contribution in [1.82, 2.24) is 5.32 Å². The van der Waals surface area contributed by atoms with Crippen LogP contribution in [0.15, 0.2) is 42.5 Å². The fourth-order valence-electron chi connectivity index (χ4n) is 2.64. The molecule has 0 saturated heterocycles. The Balaban J connectivity index is 2.05. The lowest BCUT2D eigenvalue weighted by atomic mass is 10.0. The Labute approximate surface area is 143 Å². The van der Waals surface area contributed by atoms with Crippen molar-refractivity contribution in [2.24, 2.45) is 0 Å². The van der Waals surface area contributed by atoms with Crippen molar-refractivity contribution in [2.45, 2.75) is 32.7 Å². The first kappa shape index (κ1) is 17.9. The SMILES string of the molecule is CC[C@H](NC(=O)Cc1ccc(OC)c(OC)c1)c1ccc(C)cc1. The summed E-state index contributed by atoms with van der Waals surface area (Å²) in [7, 11) is 3.18. The zero-order valence-corrected chi connectivity index (χ0v) is 14.8. The summed E-state index contributed by atoms with van der Waals surface area (Å²) >= 11 is 0. The number of carbonyl (C=O) groups excluding carboxylic acids is 1. The maximum absolute atomic E-state index is 12.4. The summed E-state index contributed by atoms with van der Waals surface area (Å²) in [6.45, 7) is 4.13. The highest BCUT2D eigenvalue weighted by Gasteiger charge is 2.14. The number of aryl methyl sites for hydroxylation is 1. The van der Waals surface area contributed by atoms with E-state index in [4.69, 9.17) is 9.47 Å². The molecule has 0 radical (unpaired) electrons. The standard InChI is InChI=1S/C20H25NO3/c1-5-17(16-9-6-14(2)7-10-16)21-20(22)13-15-8-11-18(23-3)19(12-15)24-4/h6-12,17H,5,13H2,1-4H3,(H,21,22)/t17-/m0/s1. The Morgan fingerprint density at radius 3 is 2.29 bits per heavy atom. The van der Waals surface area contributed by atoms with Crippen LogP contribution in [0.2, 0.25) is 0 Å². The number of rotatable bonds is 7. The van der Waals surface area contributed by atoms with E-state index in [0.717, 1.165) is 17.5 Å². The van der Waals surface area contributed by atoms with Gasteiger partial charge >= 0.3 is 0 Å². The van der Waals surface area contributed by atoms with Gasteiger partial charge in [-0.2, -0.15) is 0 Å². The van der Waals surface area contributed by atoms with Gasteiger partial charge in [0.1, 0.15) is 0 Å². The molecule has 0 aliphatic rings. The van der Waals surface area contributed by atoms with Crippen LogP contribution in [0.4, 0.5) is 0 Å². The summed E-state index contributed by atoms with van der Waals surface area (Å²) in [5.41, 5.74) is 3.23. The molecule has 2 aromatic carbocycles. The van der Waals surface area contributed by atoms with Crippen LogP contribution in [0.1, 0.15) is 36.1 Å². The molecule has 0 saturated carbocycles. The van der Waals surface area contributed by atoms with Crippen molar-refractivity contribution in [3.63, 3.8) is 0 Å². The molecule has 128 valence electrons. The molecule has 0 aromatic heterocycles. The molecule has 0 bridgehead atoms. The fourth-order valence-corrected chi connectivity index (χ4v) is 2.64. The zero-order chi connectivity index (χ0) is 17.5. The molecule has 1 N–H and O–H groups in total. The molecule has 4 nitrogen and oxygen atoms in total. The number of hydrogen-bond donors (Lipinski definition) is 1. The second kappa shape index (κ2) is 8.39. The quantitative estimate of drug-likeness (QED) is 0.841. The molecular weight excluding hydrogens is 302 g/mol. The second-order valence-electron chi connectivity index (χ2n) is 5.81. The molecule has 2 aromatic rings. The van der Waals surface area contributed by atoms with Gasteiger partial charge in [0.25, 0.3) is 0 Å². The predicted molar refractivity (Wildman–Crippen MR) is 95.6 cm³/mol. The molecule has 0 aliphatic carbocycles. The van der Waals surface area contributed by atoms with E-state index in [1.165, 1.54) is 5.56 Å². The van der Waals surface area contributed by atoms with E-state index in [0.29, 0.717) is 17.9 Å². The topological polar surface area (TPSA) is 47.6 Å². The summed E-state index contributed by atoms with van der Waals surface area (Å²) in [6, 6.07) is 13.8. The van der Waals surface area contributed by atoms with Crippen LogP contribution < -0.4 is 14.8 Å². The van der Waals surface area contributed by atoms with E-state index >= 15 is 0 Å². The van der Waals surface area contributed by atoms with Gasteiger partial charge < -0.3 is 14.8 Å². The first-order valence-corrected chi connectivity index (χ1v) is 8.14. The minimum Gasteiger partial charge on any atom is -0.493 e. The van der Waals surface area contributed by atoms with Crippen LogP contribution in [0.25, 0.3) is 0 Å². The summed E-state index contributed by atoms with van der Waals surface area (Å²) in [5, 5.41) is 3.11. The van der Waals surface area contributed by atoms with Gasteiger partial charge in [-0.3, -0.25) is 4.79 Å². The van der Waals surface area contributed by atoms with Crippen LogP contribution in [-0.4, -0.2) is 20.1 Å². The van der Waals surface area contributed by atoms with Gasteiger partial charge in [0, 0.05) is 0 Å². The third kappa shape index (κ3) is 4.51. The van der Waals surface area contributed by atoms with Crippen molar-refractivity contribution < 1.29 is 14.3 Å². The minimum atomic E-state index is -0.00496. The van der Waals surface area contributed by atoms with Crippen LogP contribution >= 0.6 is 0 Å². The molecule has 0 unspecified atom stereocenters. The minimum absolute atomic E-state index is 0.00496. The first-order chi connectivity index (χ1) is 11.6. The van der Waals surface area contributed by atoms with E-state index in [-0.39, 0.29) is 11.9 Å². The second-order valence-corrected chi connectivity index (χ2v) is 5.81. The number of methoxy groups -OCH3 is 2. The van der Waals surface area contributed by atoms with Crippen molar-refractivity contribution in [3.05, 3.63) is 59.2 Å².